The van der Waals surface area contributed by atoms with Crippen LogP contribution in [0.3, 0.4) is 0 Å². The average molecular weight is 264 g/mol. The number of aryl methyl sites for hydroxylation is 2. The molecule has 0 bridgehead atoms. The van der Waals surface area contributed by atoms with E-state index in [1.54, 1.807) is 4.68 Å². The summed E-state index contributed by atoms with van der Waals surface area (Å²) in [5, 5.41) is 17.3. The molecule has 0 spiro atoms. The maximum Gasteiger partial charge on any atom is 0.157 e. The van der Waals surface area contributed by atoms with E-state index in [0.717, 1.165) is 35.4 Å². The number of fused-ring (bicyclic) bond motifs is 1. The fourth-order valence-electron chi connectivity index (χ4n) is 1.99. The number of aromatic nitrogens is 3. The molecule has 2 N–H and O–H groups in total. The first kappa shape index (κ1) is 13.9. The monoisotopic (exact) mass is 264 g/mol. The lowest BCUT2D eigenvalue weighted by Crippen LogP contribution is -2.20. The molecular weight excluding hydrogens is 244 g/mol. The quantitative estimate of drug-likeness (QED) is 0.707. The Morgan fingerprint density at radius 3 is 3.05 bits per heavy atom. The molecule has 104 valence electrons. The van der Waals surface area contributed by atoms with E-state index in [9.17, 15) is 0 Å². The smallest absolute Gasteiger partial charge is 0.157 e. The zero-order valence-electron chi connectivity index (χ0n) is 11.4. The first-order valence-electron chi connectivity index (χ1n) is 6.40. The van der Waals surface area contributed by atoms with Crippen LogP contribution in [0.2, 0.25) is 0 Å². The molecule has 0 radical (unpaired) electrons. The van der Waals surface area contributed by atoms with Crippen molar-refractivity contribution in [2.24, 2.45) is 7.05 Å². The Bertz CT molecular complexity index is 539. The molecule has 2 aromatic rings. The van der Waals surface area contributed by atoms with Gasteiger partial charge in [0.25, 0.3) is 0 Å². The van der Waals surface area contributed by atoms with Crippen molar-refractivity contribution in [2.75, 3.05) is 26.4 Å². The van der Waals surface area contributed by atoms with Crippen LogP contribution in [0.15, 0.2) is 12.3 Å². The van der Waals surface area contributed by atoms with Gasteiger partial charge < -0.3 is 15.2 Å². The van der Waals surface area contributed by atoms with Crippen LogP contribution in [0.5, 0.6) is 0 Å². The third kappa shape index (κ3) is 3.50. The van der Waals surface area contributed by atoms with Gasteiger partial charge in [-0.15, -0.1) is 0 Å². The second kappa shape index (κ2) is 6.60. The number of pyridine rings is 1. The fourth-order valence-corrected chi connectivity index (χ4v) is 1.99. The van der Waals surface area contributed by atoms with E-state index in [-0.39, 0.29) is 6.61 Å². The van der Waals surface area contributed by atoms with Gasteiger partial charge in [0, 0.05) is 31.7 Å². The number of aliphatic hydroxyl groups is 1. The van der Waals surface area contributed by atoms with Crippen molar-refractivity contribution in [3.63, 3.8) is 0 Å². The van der Waals surface area contributed by atoms with Gasteiger partial charge in [0.15, 0.2) is 5.65 Å². The van der Waals surface area contributed by atoms with Crippen LogP contribution in [0.4, 0.5) is 0 Å². The van der Waals surface area contributed by atoms with Crippen LogP contribution < -0.4 is 5.32 Å². The van der Waals surface area contributed by atoms with Gasteiger partial charge in [0.2, 0.25) is 0 Å². The highest BCUT2D eigenvalue weighted by Crippen LogP contribution is 2.16. The van der Waals surface area contributed by atoms with Gasteiger partial charge in [0.05, 0.1) is 25.5 Å². The average Bonchev–Trinajstić information content (AvgIpc) is 2.69. The molecule has 0 amide bonds. The highest BCUT2D eigenvalue weighted by atomic mass is 16.5. The summed E-state index contributed by atoms with van der Waals surface area (Å²) in [6, 6.07) is 2.12. The minimum absolute atomic E-state index is 0.0703. The topological polar surface area (TPSA) is 72.2 Å². The van der Waals surface area contributed by atoms with E-state index in [4.69, 9.17) is 9.84 Å². The van der Waals surface area contributed by atoms with Crippen molar-refractivity contribution in [3.8, 4) is 0 Å². The SMILES string of the molecule is Cc1nn(C)c2ncc(CNCCOCCO)cc12. The molecule has 0 unspecified atom stereocenters. The summed E-state index contributed by atoms with van der Waals surface area (Å²) < 4.78 is 6.97. The minimum atomic E-state index is 0.0703. The highest BCUT2D eigenvalue weighted by Gasteiger charge is 2.06. The molecule has 0 aliphatic heterocycles. The zero-order valence-corrected chi connectivity index (χ0v) is 11.4. The molecule has 2 rings (SSSR count). The van der Waals surface area contributed by atoms with Crippen molar-refractivity contribution in [1.82, 2.24) is 20.1 Å². The number of nitrogens with one attached hydrogen (secondary N) is 1. The molecule has 0 saturated heterocycles. The molecule has 0 aliphatic carbocycles. The number of aliphatic hydroxyl groups excluding tert-OH is 1. The lowest BCUT2D eigenvalue weighted by molar-refractivity contribution is 0.0938. The summed E-state index contributed by atoms with van der Waals surface area (Å²) in [5.74, 6) is 0. The molecule has 2 aromatic heterocycles. The second-order valence-electron chi connectivity index (χ2n) is 4.44. The maximum atomic E-state index is 8.57. The first-order chi connectivity index (χ1) is 9.22. The molecule has 0 atom stereocenters. The molecule has 6 nitrogen and oxygen atoms in total. The normalized spacial score (nSPS) is 11.3. The number of rotatable bonds is 7. The van der Waals surface area contributed by atoms with Crippen molar-refractivity contribution in [3.05, 3.63) is 23.5 Å². The molecule has 19 heavy (non-hydrogen) atoms. The van der Waals surface area contributed by atoms with Gasteiger partial charge in [0.1, 0.15) is 0 Å². The Labute approximate surface area is 112 Å². The minimum Gasteiger partial charge on any atom is -0.394 e. The third-order valence-electron chi connectivity index (χ3n) is 2.91. The van der Waals surface area contributed by atoms with E-state index in [1.165, 1.54) is 0 Å². The van der Waals surface area contributed by atoms with E-state index < -0.39 is 0 Å². The lowest BCUT2D eigenvalue weighted by Gasteiger charge is -2.05. The summed E-state index contributed by atoms with van der Waals surface area (Å²) in [6.07, 6.45) is 1.87. The first-order valence-corrected chi connectivity index (χ1v) is 6.40. The van der Waals surface area contributed by atoms with E-state index in [1.807, 2.05) is 20.2 Å². The molecule has 6 heteroatoms. The molecule has 0 aromatic carbocycles. The van der Waals surface area contributed by atoms with Crippen molar-refractivity contribution >= 4 is 11.0 Å². The van der Waals surface area contributed by atoms with Crippen LogP contribution in [0.1, 0.15) is 11.3 Å². The Kier molecular flexibility index (Phi) is 4.84. The van der Waals surface area contributed by atoms with Crippen LogP contribution in [0.25, 0.3) is 11.0 Å². The van der Waals surface area contributed by atoms with Crippen LogP contribution in [-0.4, -0.2) is 46.2 Å². The van der Waals surface area contributed by atoms with Crippen molar-refractivity contribution in [1.29, 1.82) is 0 Å². The third-order valence-corrected chi connectivity index (χ3v) is 2.91. The Hall–Kier alpha value is -1.50. The summed E-state index contributed by atoms with van der Waals surface area (Å²) in [4.78, 5) is 4.43. The summed E-state index contributed by atoms with van der Waals surface area (Å²) >= 11 is 0. The molecule has 0 fully saturated rings. The molecule has 0 saturated carbocycles. The predicted octanol–water partition coefficient (Wildman–Crippen LogP) is 0.375. The van der Waals surface area contributed by atoms with Crippen molar-refractivity contribution in [2.45, 2.75) is 13.5 Å². The second-order valence-corrected chi connectivity index (χ2v) is 4.44. The molecule has 0 aliphatic rings. The number of hydrogen-bond acceptors (Lipinski definition) is 5. The Morgan fingerprint density at radius 2 is 2.26 bits per heavy atom. The van der Waals surface area contributed by atoms with Crippen LogP contribution >= 0.6 is 0 Å². The van der Waals surface area contributed by atoms with Gasteiger partial charge in [-0.1, -0.05) is 0 Å². The maximum absolute atomic E-state index is 8.57. The van der Waals surface area contributed by atoms with Gasteiger partial charge in [-0.05, 0) is 18.6 Å². The van der Waals surface area contributed by atoms with Crippen molar-refractivity contribution < 1.29 is 9.84 Å². The number of ether oxygens (including phenoxy) is 1. The molecule has 2 heterocycles. The largest absolute Gasteiger partial charge is 0.394 e. The Morgan fingerprint density at radius 1 is 1.42 bits per heavy atom. The number of hydrogen-bond donors (Lipinski definition) is 2. The van der Waals surface area contributed by atoms with Gasteiger partial charge in [-0.2, -0.15) is 5.10 Å². The van der Waals surface area contributed by atoms with Gasteiger partial charge >= 0.3 is 0 Å². The van der Waals surface area contributed by atoms with Crippen LogP contribution in [-0.2, 0) is 18.3 Å². The summed E-state index contributed by atoms with van der Waals surface area (Å²) in [6.45, 7) is 4.56. The number of nitrogens with zero attached hydrogens (tertiary/aromatic N) is 3. The fraction of sp³-hybridized carbons (Fsp3) is 0.538. The van der Waals surface area contributed by atoms with Crippen LogP contribution in [0, 0.1) is 6.92 Å². The van der Waals surface area contributed by atoms with E-state index in [2.05, 4.69) is 21.5 Å². The zero-order chi connectivity index (χ0) is 13.7. The summed E-state index contributed by atoms with van der Waals surface area (Å²) in [7, 11) is 1.90. The summed E-state index contributed by atoms with van der Waals surface area (Å²) in [5.41, 5.74) is 3.04. The molecular formula is C13H20N4O2. The van der Waals surface area contributed by atoms with E-state index in [0.29, 0.717) is 13.2 Å². The van der Waals surface area contributed by atoms with Gasteiger partial charge in [-0.25, -0.2) is 4.98 Å². The standard InChI is InChI=1S/C13H20N4O2/c1-10-12-7-11(8-14-3-5-19-6-4-18)9-15-13(12)17(2)16-10/h7,9,14,18H,3-6,8H2,1-2H3. The lowest BCUT2D eigenvalue weighted by atomic mass is 10.2. The highest BCUT2D eigenvalue weighted by molar-refractivity contribution is 5.78. The predicted molar refractivity (Wildman–Crippen MR) is 72.9 cm³/mol. The van der Waals surface area contributed by atoms with Gasteiger partial charge in [-0.3, -0.25) is 4.68 Å². The van der Waals surface area contributed by atoms with E-state index >= 15 is 0 Å². The Balaban J connectivity index is 1.89.